The maximum Gasteiger partial charge on any atom is 0.238 e. The van der Waals surface area contributed by atoms with Crippen molar-refractivity contribution in [3.05, 3.63) is 101 Å². The largest absolute Gasteiger partial charge is 0.274 e. The molecule has 0 saturated carbocycles. The molecule has 7 rings (SSSR count). The van der Waals surface area contributed by atoms with Gasteiger partial charge in [-0.3, -0.25) is 9.59 Å². The number of nitrogens with zero attached hydrogens (tertiary/aromatic N) is 1. The molecule has 28 heavy (non-hydrogen) atoms. The highest BCUT2D eigenvalue weighted by atomic mass is 19.1. The molecule has 0 spiro atoms. The minimum atomic E-state index is -0.551. The number of amides is 2. The Morgan fingerprint density at radius 1 is 0.607 bits per heavy atom. The maximum atomic E-state index is 14.5. The Morgan fingerprint density at radius 2 is 1.00 bits per heavy atom. The van der Waals surface area contributed by atoms with Crippen molar-refractivity contribution in [3.8, 4) is 0 Å². The highest BCUT2D eigenvalue weighted by Gasteiger charge is 2.61. The van der Waals surface area contributed by atoms with Crippen LogP contribution in [0.1, 0.15) is 34.1 Å². The van der Waals surface area contributed by atoms with Crippen LogP contribution in [0.25, 0.3) is 0 Å². The Labute approximate surface area is 161 Å². The van der Waals surface area contributed by atoms with E-state index in [1.165, 1.54) is 12.1 Å². The van der Waals surface area contributed by atoms with E-state index in [2.05, 4.69) is 24.3 Å². The molecule has 3 aromatic carbocycles. The molecule has 1 aliphatic heterocycles. The molecular weight excluding hydrogens is 353 g/mol. The predicted molar refractivity (Wildman–Crippen MR) is 102 cm³/mol. The fourth-order valence-electron chi connectivity index (χ4n) is 5.55. The summed E-state index contributed by atoms with van der Waals surface area (Å²) in [4.78, 5) is 28.0. The van der Waals surface area contributed by atoms with Crippen molar-refractivity contribution >= 4 is 17.5 Å². The van der Waals surface area contributed by atoms with Gasteiger partial charge in [0.05, 0.1) is 17.5 Å². The monoisotopic (exact) mass is 369 g/mol. The molecule has 2 amide bonds. The normalized spacial score (nSPS) is 26.8. The van der Waals surface area contributed by atoms with Crippen LogP contribution in [0, 0.1) is 17.7 Å². The van der Waals surface area contributed by atoms with Crippen molar-refractivity contribution in [2.75, 3.05) is 4.90 Å². The summed E-state index contributed by atoms with van der Waals surface area (Å²) in [6, 6.07) is 22.2. The molecule has 2 bridgehead atoms. The van der Waals surface area contributed by atoms with E-state index >= 15 is 0 Å². The number of benzene rings is 3. The van der Waals surface area contributed by atoms with Gasteiger partial charge in [0.25, 0.3) is 0 Å². The molecule has 3 aromatic rings. The average molecular weight is 369 g/mol. The SMILES string of the molecule is O=C1[C@@H]2C3c4ccccc4C(c4ccccc43)[C@H]2C(=O)N1c1ccccc1F. The van der Waals surface area contributed by atoms with Crippen molar-refractivity contribution in [1.29, 1.82) is 0 Å². The van der Waals surface area contributed by atoms with Gasteiger partial charge < -0.3 is 0 Å². The van der Waals surface area contributed by atoms with E-state index in [4.69, 9.17) is 0 Å². The zero-order valence-corrected chi connectivity index (χ0v) is 14.9. The number of carbonyl (C=O) groups is 2. The van der Waals surface area contributed by atoms with Crippen LogP contribution in [0.4, 0.5) is 10.1 Å². The van der Waals surface area contributed by atoms with E-state index in [1.54, 1.807) is 12.1 Å². The number of hydrogen-bond donors (Lipinski definition) is 0. The second-order valence-corrected chi connectivity index (χ2v) is 7.73. The third-order valence-electron chi connectivity index (χ3n) is 6.54. The molecule has 4 heteroatoms. The highest BCUT2D eigenvalue weighted by Crippen LogP contribution is 2.61. The molecule has 4 aliphatic rings. The van der Waals surface area contributed by atoms with Crippen LogP contribution in [0.2, 0.25) is 0 Å². The first kappa shape index (κ1) is 15.8. The summed E-state index contributed by atoms with van der Waals surface area (Å²) in [5.74, 6) is -2.45. The molecular formula is C24H16FNO2. The lowest BCUT2D eigenvalue weighted by molar-refractivity contribution is -0.122. The van der Waals surface area contributed by atoms with Crippen LogP contribution >= 0.6 is 0 Å². The van der Waals surface area contributed by atoms with Gasteiger partial charge in [-0.15, -0.1) is 0 Å². The summed E-state index contributed by atoms with van der Waals surface area (Å²) in [6.07, 6.45) is 0. The Balaban J connectivity index is 1.59. The first-order valence-electron chi connectivity index (χ1n) is 9.48. The minimum absolute atomic E-state index is 0.0550. The van der Waals surface area contributed by atoms with Gasteiger partial charge in [-0.25, -0.2) is 9.29 Å². The van der Waals surface area contributed by atoms with Crippen molar-refractivity contribution in [1.82, 2.24) is 0 Å². The van der Waals surface area contributed by atoms with Crippen molar-refractivity contribution in [3.63, 3.8) is 0 Å². The zero-order valence-electron chi connectivity index (χ0n) is 14.9. The molecule has 3 nitrogen and oxygen atoms in total. The molecule has 0 aromatic heterocycles. The average Bonchev–Trinajstić information content (AvgIpc) is 2.99. The van der Waals surface area contributed by atoms with Crippen LogP contribution in [0.15, 0.2) is 72.8 Å². The van der Waals surface area contributed by atoms with E-state index in [0.717, 1.165) is 27.2 Å². The fourth-order valence-corrected chi connectivity index (χ4v) is 5.55. The van der Waals surface area contributed by atoms with E-state index in [0.29, 0.717) is 0 Å². The third kappa shape index (κ3) is 1.78. The molecule has 1 fully saturated rings. The van der Waals surface area contributed by atoms with Crippen LogP contribution < -0.4 is 4.90 Å². The standard InChI is InChI=1S/C24H16FNO2/c25-17-11-5-6-12-18(17)26-23(27)21-19-13-7-1-2-8-14(13)20(22(21)24(26)28)16-10-4-3-9-15(16)19/h1-12,19-22H/t19?,20?,21-,22-/m1/s1. The van der Waals surface area contributed by atoms with Gasteiger partial charge in [-0.05, 0) is 34.4 Å². The number of halogens is 1. The lowest BCUT2D eigenvalue weighted by Gasteiger charge is -2.45. The van der Waals surface area contributed by atoms with Gasteiger partial charge in [0.1, 0.15) is 5.82 Å². The number of rotatable bonds is 1. The Morgan fingerprint density at radius 3 is 1.43 bits per heavy atom. The molecule has 0 radical (unpaired) electrons. The van der Waals surface area contributed by atoms with Gasteiger partial charge in [0.15, 0.2) is 0 Å². The zero-order chi connectivity index (χ0) is 19.0. The summed E-state index contributed by atoms with van der Waals surface area (Å²) in [7, 11) is 0. The van der Waals surface area contributed by atoms with E-state index in [1.807, 2.05) is 24.3 Å². The van der Waals surface area contributed by atoms with Crippen molar-refractivity contribution in [2.45, 2.75) is 11.8 Å². The first-order valence-corrected chi connectivity index (χ1v) is 9.48. The van der Waals surface area contributed by atoms with Gasteiger partial charge >= 0.3 is 0 Å². The number of anilines is 1. The van der Waals surface area contributed by atoms with Crippen LogP contribution in [0.3, 0.4) is 0 Å². The van der Waals surface area contributed by atoms with Crippen LogP contribution in [0.5, 0.6) is 0 Å². The lowest BCUT2D eigenvalue weighted by Crippen LogP contribution is -2.41. The minimum Gasteiger partial charge on any atom is -0.274 e. The summed E-state index contributed by atoms with van der Waals surface area (Å²) in [5, 5.41) is 0. The second kappa shape index (κ2) is 5.38. The summed E-state index contributed by atoms with van der Waals surface area (Å²) < 4.78 is 14.5. The molecule has 136 valence electrons. The number of carbonyl (C=O) groups excluding carboxylic acids is 2. The van der Waals surface area contributed by atoms with Crippen molar-refractivity contribution in [2.24, 2.45) is 11.8 Å². The Kier molecular flexibility index (Phi) is 3.03. The maximum absolute atomic E-state index is 14.5. The molecule has 0 unspecified atom stereocenters. The molecule has 2 atom stereocenters. The molecule has 1 saturated heterocycles. The van der Waals surface area contributed by atoms with Gasteiger partial charge in [0, 0.05) is 11.8 Å². The van der Waals surface area contributed by atoms with E-state index in [-0.39, 0.29) is 29.3 Å². The molecule has 1 heterocycles. The number of para-hydroxylation sites is 1. The van der Waals surface area contributed by atoms with E-state index < -0.39 is 17.7 Å². The van der Waals surface area contributed by atoms with Crippen LogP contribution in [-0.2, 0) is 9.59 Å². The van der Waals surface area contributed by atoms with E-state index in [9.17, 15) is 14.0 Å². The topological polar surface area (TPSA) is 37.4 Å². The highest BCUT2D eigenvalue weighted by molar-refractivity contribution is 6.23. The lowest BCUT2D eigenvalue weighted by atomic mass is 9.55. The van der Waals surface area contributed by atoms with Crippen molar-refractivity contribution < 1.29 is 14.0 Å². The van der Waals surface area contributed by atoms with Gasteiger partial charge in [-0.2, -0.15) is 0 Å². The predicted octanol–water partition coefficient (Wildman–Crippen LogP) is 4.22. The van der Waals surface area contributed by atoms with Crippen LogP contribution in [-0.4, -0.2) is 11.8 Å². The summed E-state index contributed by atoms with van der Waals surface area (Å²) in [6.45, 7) is 0. The first-order chi connectivity index (χ1) is 13.7. The Hall–Kier alpha value is -3.27. The quantitative estimate of drug-likeness (QED) is 0.602. The fraction of sp³-hybridized carbons (Fsp3) is 0.167. The summed E-state index contributed by atoms with van der Waals surface area (Å²) >= 11 is 0. The number of imide groups is 1. The smallest absolute Gasteiger partial charge is 0.238 e. The summed E-state index contributed by atoms with van der Waals surface area (Å²) in [5.41, 5.74) is 4.51. The number of hydrogen-bond acceptors (Lipinski definition) is 2. The van der Waals surface area contributed by atoms with Gasteiger partial charge in [0.2, 0.25) is 11.8 Å². The van der Waals surface area contributed by atoms with Gasteiger partial charge in [-0.1, -0.05) is 60.7 Å². The molecule has 3 aliphatic carbocycles. The second-order valence-electron chi connectivity index (χ2n) is 7.73. The Bertz CT molecular complexity index is 1060. The molecule has 0 N–H and O–H groups in total. The third-order valence-corrected chi connectivity index (χ3v) is 6.54.